The lowest BCUT2D eigenvalue weighted by molar-refractivity contribution is 0.264. The standard InChI is InChI=1S/C20H26N2/c21-17-11-9-13-5-1-3-7-15(13)19(17)20-16-8-4-2-6-14(16)10-12-18(20)22/h9-13,15,19,21H,1-8,22H2. The van der Waals surface area contributed by atoms with Gasteiger partial charge in [0, 0.05) is 17.3 Å². The first-order valence-corrected chi connectivity index (χ1v) is 8.92. The number of nitrogen functional groups attached to an aromatic ring is 1. The maximum atomic E-state index is 8.58. The van der Waals surface area contributed by atoms with Gasteiger partial charge in [0.2, 0.25) is 0 Å². The summed E-state index contributed by atoms with van der Waals surface area (Å²) in [5.41, 5.74) is 12.5. The van der Waals surface area contributed by atoms with Crippen LogP contribution < -0.4 is 5.73 Å². The lowest BCUT2D eigenvalue weighted by Gasteiger charge is -2.40. The van der Waals surface area contributed by atoms with Gasteiger partial charge in [-0.2, -0.15) is 0 Å². The van der Waals surface area contributed by atoms with Crippen molar-refractivity contribution in [2.24, 2.45) is 11.8 Å². The number of aryl methyl sites for hydroxylation is 1. The van der Waals surface area contributed by atoms with Crippen molar-refractivity contribution in [2.45, 2.75) is 57.3 Å². The molecule has 4 rings (SSSR count). The number of anilines is 1. The van der Waals surface area contributed by atoms with Gasteiger partial charge in [-0.3, -0.25) is 0 Å². The highest BCUT2D eigenvalue weighted by Crippen LogP contribution is 2.47. The molecule has 116 valence electrons. The van der Waals surface area contributed by atoms with E-state index in [1.165, 1.54) is 61.6 Å². The number of hydrogen-bond acceptors (Lipinski definition) is 2. The SMILES string of the molecule is N=C1C=CC2CCCCC2C1c1c(N)ccc2c1CCCC2. The molecule has 0 aliphatic heterocycles. The second kappa shape index (κ2) is 5.57. The minimum Gasteiger partial charge on any atom is -0.398 e. The number of nitrogens with two attached hydrogens (primary N) is 1. The van der Waals surface area contributed by atoms with E-state index in [2.05, 4.69) is 24.3 Å². The average molecular weight is 294 g/mol. The number of hydrogen-bond donors (Lipinski definition) is 2. The molecule has 0 aromatic heterocycles. The predicted octanol–water partition coefficient (Wildman–Crippen LogP) is 4.63. The van der Waals surface area contributed by atoms with Crippen LogP contribution in [-0.4, -0.2) is 5.71 Å². The summed E-state index contributed by atoms with van der Waals surface area (Å²) in [4.78, 5) is 0. The summed E-state index contributed by atoms with van der Waals surface area (Å²) >= 11 is 0. The molecule has 0 amide bonds. The molecule has 3 aliphatic carbocycles. The summed E-state index contributed by atoms with van der Waals surface area (Å²) in [6.07, 6.45) is 14.5. The van der Waals surface area contributed by atoms with E-state index in [4.69, 9.17) is 11.1 Å². The fourth-order valence-electron chi connectivity index (χ4n) is 5.01. The Morgan fingerprint density at radius 2 is 1.82 bits per heavy atom. The number of rotatable bonds is 1. The Morgan fingerprint density at radius 1 is 1.00 bits per heavy atom. The molecule has 2 nitrogen and oxygen atoms in total. The van der Waals surface area contributed by atoms with Crippen LogP contribution in [0.4, 0.5) is 5.69 Å². The minimum atomic E-state index is 0.239. The van der Waals surface area contributed by atoms with Crippen molar-refractivity contribution in [2.75, 3.05) is 5.73 Å². The molecule has 22 heavy (non-hydrogen) atoms. The number of benzene rings is 1. The smallest absolute Gasteiger partial charge is 0.0389 e. The lowest BCUT2D eigenvalue weighted by Crippen LogP contribution is -2.33. The van der Waals surface area contributed by atoms with Gasteiger partial charge in [0.05, 0.1) is 0 Å². The Balaban J connectivity index is 1.83. The van der Waals surface area contributed by atoms with Crippen LogP contribution in [0.25, 0.3) is 0 Å². The zero-order valence-corrected chi connectivity index (χ0v) is 13.3. The van der Waals surface area contributed by atoms with Gasteiger partial charge in [-0.15, -0.1) is 0 Å². The quantitative estimate of drug-likeness (QED) is 0.729. The Hall–Kier alpha value is -1.57. The van der Waals surface area contributed by atoms with Crippen LogP contribution in [0.3, 0.4) is 0 Å². The summed E-state index contributed by atoms with van der Waals surface area (Å²) in [5.74, 6) is 1.50. The predicted molar refractivity (Wildman–Crippen MR) is 92.6 cm³/mol. The van der Waals surface area contributed by atoms with Crippen molar-refractivity contribution < 1.29 is 0 Å². The molecule has 0 saturated heterocycles. The Kier molecular flexibility index (Phi) is 3.56. The summed E-state index contributed by atoms with van der Waals surface area (Å²) < 4.78 is 0. The third kappa shape index (κ3) is 2.20. The third-order valence-corrected chi connectivity index (χ3v) is 6.08. The highest BCUT2D eigenvalue weighted by atomic mass is 14.6. The number of fused-ring (bicyclic) bond motifs is 2. The van der Waals surface area contributed by atoms with Gasteiger partial charge in [-0.05, 0) is 79.2 Å². The van der Waals surface area contributed by atoms with Gasteiger partial charge in [-0.25, -0.2) is 0 Å². The fourth-order valence-corrected chi connectivity index (χ4v) is 5.01. The Morgan fingerprint density at radius 3 is 2.73 bits per heavy atom. The van der Waals surface area contributed by atoms with Crippen molar-refractivity contribution >= 4 is 11.4 Å². The van der Waals surface area contributed by atoms with E-state index in [0.717, 1.165) is 17.8 Å². The third-order valence-electron chi connectivity index (χ3n) is 6.08. The van der Waals surface area contributed by atoms with Gasteiger partial charge >= 0.3 is 0 Å². The molecule has 0 radical (unpaired) electrons. The van der Waals surface area contributed by atoms with Crippen LogP contribution in [0.2, 0.25) is 0 Å². The lowest BCUT2D eigenvalue weighted by atomic mass is 9.64. The van der Waals surface area contributed by atoms with E-state index in [1.807, 2.05) is 0 Å². The van der Waals surface area contributed by atoms with Crippen LogP contribution in [0.1, 0.15) is 61.1 Å². The second-order valence-corrected chi connectivity index (χ2v) is 7.32. The second-order valence-electron chi connectivity index (χ2n) is 7.32. The van der Waals surface area contributed by atoms with Crippen molar-refractivity contribution in [1.82, 2.24) is 0 Å². The molecule has 3 N–H and O–H groups in total. The largest absolute Gasteiger partial charge is 0.398 e. The minimum absolute atomic E-state index is 0.239. The topological polar surface area (TPSA) is 49.9 Å². The van der Waals surface area contributed by atoms with Crippen LogP contribution in [0.15, 0.2) is 24.3 Å². The molecule has 1 aromatic carbocycles. The van der Waals surface area contributed by atoms with E-state index in [-0.39, 0.29) is 5.92 Å². The van der Waals surface area contributed by atoms with Gasteiger partial charge in [-0.1, -0.05) is 25.0 Å². The maximum Gasteiger partial charge on any atom is 0.0389 e. The van der Waals surface area contributed by atoms with Crippen molar-refractivity contribution in [3.63, 3.8) is 0 Å². The molecule has 1 fully saturated rings. The molecule has 3 atom stereocenters. The Labute approximate surface area is 133 Å². The molecule has 0 spiro atoms. The van der Waals surface area contributed by atoms with E-state index < -0.39 is 0 Å². The van der Waals surface area contributed by atoms with Crippen molar-refractivity contribution in [3.05, 3.63) is 41.0 Å². The first-order valence-electron chi connectivity index (χ1n) is 8.92. The molecule has 2 heteroatoms. The molecule has 0 bridgehead atoms. The average Bonchev–Trinajstić information content (AvgIpc) is 2.56. The summed E-state index contributed by atoms with van der Waals surface area (Å²) in [5, 5.41) is 8.58. The van der Waals surface area contributed by atoms with Gasteiger partial charge in [0.1, 0.15) is 0 Å². The number of allylic oxidation sites excluding steroid dienone is 2. The van der Waals surface area contributed by atoms with E-state index >= 15 is 0 Å². The molecule has 3 unspecified atom stereocenters. The van der Waals surface area contributed by atoms with Gasteiger partial charge < -0.3 is 11.1 Å². The van der Waals surface area contributed by atoms with Crippen LogP contribution >= 0.6 is 0 Å². The molecular formula is C20H26N2. The molecule has 1 aromatic rings. The molecule has 0 heterocycles. The zero-order chi connectivity index (χ0) is 15.1. The van der Waals surface area contributed by atoms with Crippen molar-refractivity contribution in [3.8, 4) is 0 Å². The zero-order valence-electron chi connectivity index (χ0n) is 13.3. The van der Waals surface area contributed by atoms with E-state index in [9.17, 15) is 0 Å². The normalized spacial score (nSPS) is 30.7. The van der Waals surface area contributed by atoms with Gasteiger partial charge in [0.25, 0.3) is 0 Å². The summed E-state index contributed by atoms with van der Waals surface area (Å²) in [7, 11) is 0. The summed E-state index contributed by atoms with van der Waals surface area (Å²) in [6.45, 7) is 0. The molecule has 3 aliphatic rings. The van der Waals surface area contributed by atoms with Crippen LogP contribution in [0, 0.1) is 17.2 Å². The first-order chi connectivity index (χ1) is 10.8. The van der Waals surface area contributed by atoms with E-state index in [0.29, 0.717) is 11.8 Å². The van der Waals surface area contributed by atoms with E-state index in [1.54, 1.807) is 0 Å². The van der Waals surface area contributed by atoms with Crippen LogP contribution in [-0.2, 0) is 12.8 Å². The summed E-state index contributed by atoms with van der Waals surface area (Å²) in [6, 6.07) is 4.33. The molecular weight excluding hydrogens is 268 g/mol. The van der Waals surface area contributed by atoms with Crippen molar-refractivity contribution in [1.29, 1.82) is 5.41 Å². The highest BCUT2D eigenvalue weighted by Gasteiger charge is 2.38. The maximum absolute atomic E-state index is 8.58. The number of nitrogens with one attached hydrogen (secondary N) is 1. The monoisotopic (exact) mass is 294 g/mol. The van der Waals surface area contributed by atoms with Crippen LogP contribution in [0.5, 0.6) is 0 Å². The highest BCUT2D eigenvalue weighted by molar-refractivity contribution is 6.00. The fraction of sp³-hybridized carbons (Fsp3) is 0.550. The first kappa shape index (κ1) is 14.0. The molecule has 1 saturated carbocycles. The Bertz CT molecular complexity index is 629. The van der Waals surface area contributed by atoms with Gasteiger partial charge in [0.15, 0.2) is 0 Å².